The number of benzene rings is 3. The zero-order valence-electron chi connectivity index (χ0n) is 38.7. The van der Waals surface area contributed by atoms with Crippen LogP contribution in [0.4, 0.5) is 13.2 Å². The van der Waals surface area contributed by atoms with Crippen LogP contribution in [0, 0.1) is 5.41 Å². The highest BCUT2D eigenvalue weighted by Gasteiger charge is 2.51. The number of nitrogens with zero attached hydrogens (tertiary/aromatic N) is 3. The van der Waals surface area contributed by atoms with Gasteiger partial charge in [-0.3, -0.25) is 4.98 Å². The number of methoxy groups -OCH3 is 1. The van der Waals surface area contributed by atoms with Crippen LogP contribution in [0.15, 0.2) is 108 Å². The molecule has 11 heteroatoms. The number of rotatable bonds is 17. The van der Waals surface area contributed by atoms with Gasteiger partial charge in [-0.05, 0) is 93.5 Å². The Balaban J connectivity index is 1.53. The largest absolute Gasteiger partial charge is 0.453 e. The molecule has 6 nitrogen and oxygen atoms in total. The van der Waals surface area contributed by atoms with E-state index in [4.69, 9.17) is 19.1 Å². The van der Waals surface area contributed by atoms with Gasteiger partial charge in [0, 0.05) is 35.3 Å². The molecule has 0 aliphatic rings. The zero-order chi connectivity index (χ0) is 45.4. The monoisotopic (exact) mass is 881 g/mol. The van der Waals surface area contributed by atoms with Crippen LogP contribution in [0.1, 0.15) is 106 Å². The van der Waals surface area contributed by atoms with Gasteiger partial charge in [-0.2, -0.15) is 13.2 Å². The van der Waals surface area contributed by atoms with E-state index >= 15 is 0 Å². The van der Waals surface area contributed by atoms with Crippen molar-refractivity contribution in [2.75, 3.05) is 7.11 Å². The van der Waals surface area contributed by atoms with Crippen molar-refractivity contribution < 1.29 is 27.1 Å². The van der Waals surface area contributed by atoms with Gasteiger partial charge in [0.25, 0.3) is 8.32 Å². The van der Waals surface area contributed by atoms with Gasteiger partial charge in [0.2, 0.25) is 0 Å². The molecule has 6 aromatic rings. The Kier molecular flexibility index (Phi) is 13.7. The number of ether oxygens (including phenoxy) is 1. The topological polar surface area (TPSA) is 73.3 Å². The maximum atomic E-state index is 14.8. The first-order valence-corrected chi connectivity index (χ1v) is 26.3. The molecule has 3 aromatic carbocycles. The maximum absolute atomic E-state index is 14.8. The van der Waals surface area contributed by atoms with Gasteiger partial charge in [0.1, 0.15) is 18.5 Å². The molecule has 0 aliphatic heterocycles. The summed E-state index contributed by atoms with van der Waals surface area (Å²) in [6.07, 6.45) is 0.263. The molecule has 332 valence electrons. The molecular weight excluding hydrogens is 816 g/mol. The summed E-state index contributed by atoms with van der Waals surface area (Å²) in [6.45, 7) is 23.0. The number of halogens is 3. The molecule has 0 fully saturated rings. The van der Waals surface area contributed by atoms with Crippen molar-refractivity contribution in [2.45, 2.75) is 136 Å². The highest BCUT2D eigenvalue weighted by molar-refractivity contribution is 6.98. The van der Waals surface area contributed by atoms with Crippen molar-refractivity contribution >= 4 is 43.2 Å². The second-order valence-electron chi connectivity index (χ2n) is 19.7. The number of hydrogen-bond donors (Lipinski definition) is 1. The van der Waals surface area contributed by atoms with E-state index < -0.39 is 45.7 Å². The van der Waals surface area contributed by atoms with Gasteiger partial charge < -0.3 is 18.5 Å². The predicted molar refractivity (Wildman–Crippen MR) is 254 cm³/mol. The Bertz CT molecular complexity index is 2380. The average molecular weight is 882 g/mol. The predicted octanol–water partition coefficient (Wildman–Crippen LogP) is 12.4. The molecule has 0 saturated carbocycles. The molecular formula is C51H66F3N3O3Si2. The number of pyridine rings is 1. The van der Waals surface area contributed by atoms with Gasteiger partial charge in [0.15, 0.2) is 13.6 Å². The minimum atomic E-state index is -4.51. The Labute approximate surface area is 369 Å². The molecule has 3 aromatic heterocycles. The zero-order valence-corrected chi connectivity index (χ0v) is 40.7. The Morgan fingerprint density at radius 2 is 1.35 bits per heavy atom. The van der Waals surface area contributed by atoms with Crippen molar-refractivity contribution in [1.82, 2.24) is 14.5 Å². The fraction of sp³-hybridized carbons (Fsp3) is 0.451. The minimum Gasteiger partial charge on any atom is -0.453 e. The standard InChI is InChI=1S/C51H66F3N3O3Si2/c1-34(2)61(35(3)4,36(5)6)48-56-44(32-60-48)38-25-26-45-42(30-38)43(47(57(45)33-51(52,53)54)41-24-19-29-55-46(41)37(7)59-12)31-49(8,9)27-28-50(10,11)62(58,39-20-15-13-16-21-39)40-22-17-14-18-23-40/h13-26,29-30,32,34-37,58H,27-28,31,33H2,1-12H3/t37-/m0/s1. The number of fused-ring (bicyclic) bond motifs is 1. The van der Waals surface area contributed by atoms with Crippen molar-refractivity contribution in [1.29, 1.82) is 0 Å². The average Bonchev–Trinajstić information content (AvgIpc) is 3.82. The van der Waals surface area contributed by atoms with Gasteiger partial charge >= 0.3 is 6.18 Å². The van der Waals surface area contributed by atoms with Gasteiger partial charge in [0.05, 0.1) is 17.5 Å². The normalized spacial score (nSPS) is 13.9. The summed E-state index contributed by atoms with van der Waals surface area (Å²) in [4.78, 5) is 22.9. The van der Waals surface area contributed by atoms with Crippen LogP contribution in [-0.4, -0.2) is 49.0 Å². The molecule has 0 amide bonds. The third-order valence-corrected chi connectivity index (χ3v) is 25.1. The summed E-state index contributed by atoms with van der Waals surface area (Å²) in [5.74, 6) is 0. The summed E-state index contributed by atoms with van der Waals surface area (Å²) in [6, 6.07) is 29.4. The summed E-state index contributed by atoms with van der Waals surface area (Å²) in [7, 11) is -3.96. The molecule has 1 N–H and O–H groups in total. The molecule has 0 spiro atoms. The van der Waals surface area contributed by atoms with Crippen molar-refractivity contribution in [3.05, 3.63) is 115 Å². The van der Waals surface area contributed by atoms with E-state index in [9.17, 15) is 18.0 Å². The Hall–Kier alpha value is -4.30. The SMILES string of the molecule is CO[C@@H](C)c1ncccc1-c1c(CC(C)(C)CCC(C)(C)[Si](O)(c2ccccc2)c2ccccc2)c2cc(-c3coc([Si](C(C)C)(C(C)C)C(C)C)n3)ccc2n1CC(F)(F)F. The van der Waals surface area contributed by atoms with Crippen LogP contribution in [-0.2, 0) is 17.7 Å². The van der Waals surface area contributed by atoms with Crippen molar-refractivity contribution in [3.8, 4) is 22.5 Å². The van der Waals surface area contributed by atoms with E-state index in [1.165, 1.54) is 4.57 Å². The molecule has 0 saturated heterocycles. The Morgan fingerprint density at radius 3 is 1.89 bits per heavy atom. The first-order chi connectivity index (χ1) is 29.1. The van der Waals surface area contributed by atoms with Crippen molar-refractivity contribution in [3.63, 3.8) is 0 Å². The lowest BCUT2D eigenvalue weighted by Crippen LogP contribution is -2.65. The maximum Gasteiger partial charge on any atom is 0.406 e. The van der Waals surface area contributed by atoms with E-state index in [1.54, 1.807) is 25.6 Å². The van der Waals surface area contributed by atoms with E-state index in [2.05, 4.69) is 69.2 Å². The highest BCUT2D eigenvalue weighted by atomic mass is 28.4. The first-order valence-electron chi connectivity index (χ1n) is 22.1. The molecule has 62 heavy (non-hydrogen) atoms. The summed E-state index contributed by atoms with van der Waals surface area (Å²) >= 11 is 0. The van der Waals surface area contributed by atoms with Crippen molar-refractivity contribution in [2.24, 2.45) is 5.41 Å². The highest BCUT2D eigenvalue weighted by Crippen LogP contribution is 2.47. The van der Waals surface area contributed by atoms with Crippen LogP contribution in [0.2, 0.25) is 21.7 Å². The van der Waals surface area contributed by atoms with E-state index in [1.807, 2.05) is 91.9 Å². The minimum absolute atomic E-state index is 0.386. The van der Waals surface area contributed by atoms with Crippen LogP contribution in [0.25, 0.3) is 33.4 Å². The summed E-state index contributed by atoms with van der Waals surface area (Å²) < 4.78 is 58.1. The number of hydrogen-bond acceptors (Lipinski definition) is 5. The lowest BCUT2D eigenvalue weighted by molar-refractivity contribution is -0.139. The Morgan fingerprint density at radius 1 is 0.774 bits per heavy atom. The van der Waals surface area contributed by atoms with Gasteiger partial charge in [-0.25, -0.2) is 4.98 Å². The second kappa shape index (κ2) is 18.1. The quantitative estimate of drug-likeness (QED) is 0.0924. The van der Waals surface area contributed by atoms with Crippen LogP contribution >= 0.6 is 0 Å². The van der Waals surface area contributed by atoms with E-state index in [0.29, 0.717) is 64.0 Å². The summed E-state index contributed by atoms with van der Waals surface area (Å²) in [5.41, 5.74) is 5.98. The lowest BCUT2D eigenvalue weighted by atomic mass is 9.78. The lowest BCUT2D eigenvalue weighted by Gasteiger charge is -2.43. The second-order valence-corrected chi connectivity index (χ2v) is 29.4. The molecule has 0 bridgehead atoms. The smallest absolute Gasteiger partial charge is 0.406 e. The fourth-order valence-electron chi connectivity index (χ4n) is 10.5. The number of oxazole rings is 1. The molecule has 0 aliphatic carbocycles. The van der Waals surface area contributed by atoms with E-state index in [-0.39, 0.29) is 0 Å². The van der Waals surface area contributed by atoms with E-state index in [0.717, 1.165) is 32.4 Å². The molecule has 0 radical (unpaired) electrons. The molecule has 6 rings (SSSR count). The van der Waals surface area contributed by atoms with Crippen LogP contribution < -0.4 is 15.9 Å². The van der Waals surface area contributed by atoms with Gasteiger partial charge in [-0.15, -0.1) is 0 Å². The number of alkyl halides is 3. The molecule has 0 unspecified atom stereocenters. The molecule has 3 heterocycles. The third kappa shape index (κ3) is 8.92. The molecule has 1 atom stereocenters. The fourth-order valence-corrected chi connectivity index (χ4v) is 20.3. The number of aromatic nitrogens is 3. The van der Waals surface area contributed by atoms with Gasteiger partial charge in [-0.1, -0.05) is 136 Å². The summed E-state index contributed by atoms with van der Waals surface area (Å²) in [5, 5.41) is 2.11. The van der Waals surface area contributed by atoms with Crippen LogP contribution in [0.5, 0.6) is 0 Å². The first kappa shape index (κ1) is 47.2. The third-order valence-electron chi connectivity index (χ3n) is 13.8. The van der Waals surface area contributed by atoms with Crippen LogP contribution in [0.3, 0.4) is 0 Å².